The largest absolute Gasteiger partial charge is 0.376 e. The van der Waals surface area contributed by atoms with Crippen molar-refractivity contribution in [3.8, 4) is 0 Å². The van der Waals surface area contributed by atoms with E-state index in [4.69, 9.17) is 10.5 Å². The molecule has 2 aliphatic rings. The highest BCUT2D eigenvalue weighted by molar-refractivity contribution is 5.77. The number of carbonyl (C=O) groups is 1. The fourth-order valence-corrected chi connectivity index (χ4v) is 3.79. The number of rotatable bonds is 4. The first-order valence-electron chi connectivity index (χ1n) is 9.07. The first-order valence-corrected chi connectivity index (χ1v) is 9.07. The van der Waals surface area contributed by atoms with Gasteiger partial charge in [0.25, 0.3) is 0 Å². The van der Waals surface area contributed by atoms with E-state index < -0.39 is 0 Å². The third-order valence-electron chi connectivity index (χ3n) is 5.23. The first-order chi connectivity index (χ1) is 11.6. The van der Waals surface area contributed by atoms with Crippen LogP contribution in [0.4, 0.5) is 0 Å². The molecule has 2 unspecified atom stereocenters. The number of amides is 1. The minimum Gasteiger partial charge on any atom is -0.376 e. The van der Waals surface area contributed by atoms with Crippen molar-refractivity contribution in [1.82, 2.24) is 9.80 Å². The minimum atomic E-state index is -0.212. The number of morpholine rings is 1. The van der Waals surface area contributed by atoms with Crippen LogP contribution in [0.1, 0.15) is 37.8 Å². The van der Waals surface area contributed by atoms with Crippen LogP contribution >= 0.6 is 0 Å². The van der Waals surface area contributed by atoms with Gasteiger partial charge in [-0.3, -0.25) is 9.69 Å². The van der Waals surface area contributed by atoms with Crippen molar-refractivity contribution in [3.63, 3.8) is 0 Å². The lowest BCUT2D eigenvalue weighted by Gasteiger charge is -2.41. The van der Waals surface area contributed by atoms with Gasteiger partial charge in [0, 0.05) is 44.7 Å². The molecule has 0 radical (unpaired) electrons. The summed E-state index contributed by atoms with van der Waals surface area (Å²) in [5, 5.41) is 0. The third-order valence-corrected chi connectivity index (χ3v) is 5.23. The SMILES string of the molecule is CC1CN(C2CCN(C(=O)CC(N)c3ccccc3)CC2)CCO1. The van der Waals surface area contributed by atoms with Crippen LogP contribution in [0.25, 0.3) is 0 Å². The number of nitrogens with zero attached hydrogens (tertiary/aromatic N) is 2. The number of hydrogen-bond acceptors (Lipinski definition) is 4. The topological polar surface area (TPSA) is 58.8 Å². The van der Waals surface area contributed by atoms with Gasteiger partial charge in [0.1, 0.15) is 0 Å². The second-order valence-electron chi connectivity index (χ2n) is 7.01. The molecule has 2 saturated heterocycles. The Kier molecular flexibility index (Phi) is 5.87. The van der Waals surface area contributed by atoms with E-state index in [1.54, 1.807) is 0 Å². The molecule has 1 amide bonds. The summed E-state index contributed by atoms with van der Waals surface area (Å²) in [7, 11) is 0. The standard InChI is InChI=1S/C19H29N3O2/c1-15-14-22(11-12-24-15)17-7-9-21(10-8-17)19(23)13-18(20)16-5-3-2-4-6-16/h2-6,15,17-18H,7-14,20H2,1H3. The highest BCUT2D eigenvalue weighted by Gasteiger charge is 2.29. The first kappa shape index (κ1) is 17.4. The van der Waals surface area contributed by atoms with Crippen molar-refractivity contribution < 1.29 is 9.53 Å². The van der Waals surface area contributed by atoms with Crippen LogP contribution in [-0.4, -0.2) is 60.6 Å². The highest BCUT2D eigenvalue weighted by atomic mass is 16.5. The average molecular weight is 331 g/mol. The number of hydrogen-bond donors (Lipinski definition) is 1. The summed E-state index contributed by atoms with van der Waals surface area (Å²) in [6, 6.07) is 10.3. The molecule has 5 heteroatoms. The molecule has 1 aromatic carbocycles. The van der Waals surface area contributed by atoms with Crippen LogP contribution in [0, 0.1) is 0 Å². The molecule has 5 nitrogen and oxygen atoms in total. The van der Waals surface area contributed by atoms with Gasteiger partial charge in [-0.1, -0.05) is 30.3 Å². The maximum atomic E-state index is 12.5. The lowest BCUT2D eigenvalue weighted by atomic mass is 10.00. The predicted molar refractivity (Wildman–Crippen MR) is 94.6 cm³/mol. The van der Waals surface area contributed by atoms with Gasteiger partial charge in [-0.15, -0.1) is 0 Å². The van der Waals surface area contributed by atoms with Crippen molar-refractivity contribution in [2.45, 2.75) is 44.4 Å². The van der Waals surface area contributed by atoms with Crippen molar-refractivity contribution in [2.75, 3.05) is 32.8 Å². The van der Waals surface area contributed by atoms with Crippen molar-refractivity contribution in [2.24, 2.45) is 5.73 Å². The molecule has 0 aliphatic carbocycles. The fourth-order valence-electron chi connectivity index (χ4n) is 3.79. The Hall–Kier alpha value is -1.43. The molecule has 0 saturated carbocycles. The summed E-state index contributed by atoms with van der Waals surface area (Å²) in [4.78, 5) is 17.1. The van der Waals surface area contributed by atoms with E-state index in [1.807, 2.05) is 35.2 Å². The van der Waals surface area contributed by atoms with E-state index in [9.17, 15) is 4.79 Å². The minimum absolute atomic E-state index is 0.181. The van der Waals surface area contributed by atoms with E-state index >= 15 is 0 Å². The molecule has 24 heavy (non-hydrogen) atoms. The van der Waals surface area contributed by atoms with Gasteiger partial charge in [-0.05, 0) is 25.3 Å². The third kappa shape index (κ3) is 4.35. The number of likely N-dealkylation sites (tertiary alicyclic amines) is 1. The van der Waals surface area contributed by atoms with Gasteiger partial charge in [0.2, 0.25) is 5.91 Å². The maximum Gasteiger partial charge on any atom is 0.224 e. The molecule has 2 heterocycles. The van der Waals surface area contributed by atoms with Crippen molar-refractivity contribution >= 4 is 5.91 Å². The molecule has 1 aromatic rings. The molecular formula is C19H29N3O2. The predicted octanol–water partition coefficient (Wildman–Crippen LogP) is 1.79. The summed E-state index contributed by atoms with van der Waals surface area (Å²) in [6.07, 6.45) is 2.82. The molecule has 2 atom stereocenters. The summed E-state index contributed by atoms with van der Waals surface area (Å²) >= 11 is 0. The van der Waals surface area contributed by atoms with Crippen molar-refractivity contribution in [3.05, 3.63) is 35.9 Å². The molecule has 2 fully saturated rings. The molecule has 132 valence electrons. The fraction of sp³-hybridized carbons (Fsp3) is 0.632. The Morgan fingerprint density at radius 3 is 2.62 bits per heavy atom. The smallest absolute Gasteiger partial charge is 0.224 e. The lowest BCUT2D eigenvalue weighted by Crippen LogP contribution is -2.51. The van der Waals surface area contributed by atoms with Crippen LogP contribution in [-0.2, 0) is 9.53 Å². The number of ether oxygens (including phenoxy) is 1. The number of carbonyl (C=O) groups excluding carboxylic acids is 1. The summed E-state index contributed by atoms with van der Waals surface area (Å²) in [5.41, 5.74) is 7.22. The molecule has 2 N–H and O–H groups in total. The lowest BCUT2D eigenvalue weighted by molar-refractivity contribution is -0.133. The summed E-state index contributed by atoms with van der Waals surface area (Å²) in [5.74, 6) is 0.181. The zero-order valence-electron chi connectivity index (χ0n) is 14.6. The van der Waals surface area contributed by atoms with E-state index in [2.05, 4.69) is 11.8 Å². The zero-order valence-corrected chi connectivity index (χ0v) is 14.6. The summed E-state index contributed by atoms with van der Waals surface area (Å²) in [6.45, 7) is 6.68. The van der Waals surface area contributed by atoms with Gasteiger partial charge in [-0.2, -0.15) is 0 Å². The Bertz CT molecular complexity index is 529. The Balaban J connectivity index is 1.46. The number of nitrogens with two attached hydrogens (primary N) is 1. The van der Waals surface area contributed by atoms with Crippen LogP contribution in [0.5, 0.6) is 0 Å². The van der Waals surface area contributed by atoms with Gasteiger partial charge in [-0.25, -0.2) is 0 Å². The maximum absolute atomic E-state index is 12.5. The van der Waals surface area contributed by atoms with E-state index in [-0.39, 0.29) is 11.9 Å². The second kappa shape index (κ2) is 8.10. The normalized spacial score (nSPS) is 24.8. The Labute approximate surface area is 144 Å². The van der Waals surface area contributed by atoms with Gasteiger partial charge >= 0.3 is 0 Å². The second-order valence-corrected chi connectivity index (χ2v) is 7.01. The highest BCUT2D eigenvalue weighted by Crippen LogP contribution is 2.21. The van der Waals surface area contributed by atoms with E-state index in [0.717, 1.165) is 51.2 Å². The summed E-state index contributed by atoms with van der Waals surface area (Å²) < 4.78 is 5.62. The molecular weight excluding hydrogens is 302 g/mol. The Morgan fingerprint density at radius 2 is 1.96 bits per heavy atom. The van der Waals surface area contributed by atoms with Crippen LogP contribution < -0.4 is 5.73 Å². The zero-order chi connectivity index (χ0) is 16.9. The van der Waals surface area contributed by atoms with Gasteiger partial charge < -0.3 is 15.4 Å². The quantitative estimate of drug-likeness (QED) is 0.914. The van der Waals surface area contributed by atoms with Gasteiger partial charge in [0.15, 0.2) is 0 Å². The van der Waals surface area contributed by atoms with Crippen LogP contribution in [0.2, 0.25) is 0 Å². The van der Waals surface area contributed by atoms with Gasteiger partial charge in [0.05, 0.1) is 12.7 Å². The monoisotopic (exact) mass is 331 g/mol. The average Bonchev–Trinajstić information content (AvgIpc) is 2.62. The Morgan fingerprint density at radius 1 is 1.25 bits per heavy atom. The molecule has 0 bridgehead atoms. The molecule has 0 aromatic heterocycles. The van der Waals surface area contributed by atoms with E-state index in [0.29, 0.717) is 18.6 Å². The molecule has 2 aliphatic heterocycles. The molecule has 0 spiro atoms. The number of benzene rings is 1. The number of piperidine rings is 1. The molecule has 3 rings (SSSR count). The van der Waals surface area contributed by atoms with Crippen molar-refractivity contribution in [1.29, 1.82) is 0 Å². The van der Waals surface area contributed by atoms with E-state index in [1.165, 1.54) is 0 Å². The van der Waals surface area contributed by atoms with Crippen LogP contribution in [0.3, 0.4) is 0 Å². The van der Waals surface area contributed by atoms with Crippen LogP contribution in [0.15, 0.2) is 30.3 Å².